The molecule has 1 aromatic heterocycles. The van der Waals surface area contributed by atoms with Crippen molar-refractivity contribution in [3.63, 3.8) is 0 Å². The summed E-state index contributed by atoms with van der Waals surface area (Å²) in [5.74, 6) is 1.19. The van der Waals surface area contributed by atoms with E-state index >= 15 is 0 Å². The van der Waals surface area contributed by atoms with Crippen molar-refractivity contribution < 1.29 is 9.34 Å². The minimum absolute atomic E-state index is 0.0153. The largest absolute Gasteiger partial charge is 0.444 e. The maximum absolute atomic E-state index is 10.9. The van der Waals surface area contributed by atoms with Gasteiger partial charge in [0.15, 0.2) is 0 Å². The Hall–Kier alpha value is -1.89. The van der Waals surface area contributed by atoms with E-state index in [-0.39, 0.29) is 5.69 Å². The van der Waals surface area contributed by atoms with E-state index in [0.29, 0.717) is 23.9 Å². The van der Waals surface area contributed by atoms with Gasteiger partial charge in [-0.3, -0.25) is 10.1 Å². The summed E-state index contributed by atoms with van der Waals surface area (Å²) in [5.41, 5.74) is 0.437. The number of nitro groups is 1. The molecule has 94 valence electrons. The molecular weight excluding hydrogens is 302 g/mol. The molecule has 0 aliphatic carbocycles. The maximum Gasteiger partial charge on any atom is 0.292 e. The quantitative estimate of drug-likeness (QED) is 0.692. The van der Waals surface area contributed by atoms with Crippen molar-refractivity contribution in [2.24, 2.45) is 0 Å². The molecule has 0 unspecified atom stereocenters. The third-order valence-corrected chi connectivity index (χ3v) is 2.75. The van der Waals surface area contributed by atoms with E-state index in [2.05, 4.69) is 26.2 Å². The number of aromatic nitrogens is 1. The van der Waals surface area contributed by atoms with Crippen LogP contribution in [0, 0.1) is 17.0 Å². The SMILES string of the molecule is Cc1cnc(CNc2cc(Br)ccc2[N+](=O)[O-])o1. The Bertz CT molecular complexity index is 583. The lowest BCUT2D eigenvalue weighted by Gasteiger charge is -2.05. The second-order valence-corrected chi connectivity index (χ2v) is 4.55. The van der Waals surface area contributed by atoms with Crippen LogP contribution < -0.4 is 5.32 Å². The Kier molecular flexibility index (Phi) is 3.61. The molecule has 0 saturated heterocycles. The Labute approximate surface area is 111 Å². The third-order valence-electron chi connectivity index (χ3n) is 2.25. The Morgan fingerprint density at radius 2 is 2.33 bits per heavy atom. The lowest BCUT2D eigenvalue weighted by atomic mass is 10.2. The fraction of sp³-hybridized carbons (Fsp3) is 0.182. The number of oxazole rings is 1. The van der Waals surface area contributed by atoms with Gasteiger partial charge in [0.1, 0.15) is 11.4 Å². The molecule has 0 spiro atoms. The van der Waals surface area contributed by atoms with Crippen LogP contribution in [0.25, 0.3) is 0 Å². The van der Waals surface area contributed by atoms with E-state index in [1.165, 1.54) is 6.07 Å². The summed E-state index contributed by atoms with van der Waals surface area (Å²) >= 11 is 3.27. The number of anilines is 1. The topological polar surface area (TPSA) is 81.2 Å². The predicted octanol–water partition coefficient (Wildman–Crippen LogP) is 3.27. The van der Waals surface area contributed by atoms with Crippen LogP contribution in [-0.4, -0.2) is 9.91 Å². The molecule has 0 aliphatic rings. The van der Waals surface area contributed by atoms with Gasteiger partial charge in [-0.1, -0.05) is 15.9 Å². The zero-order chi connectivity index (χ0) is 13.1. The van der Waals surface area contributed by atoms with Gasteiger partial charge in [0.05, 0.1) is 17.7 Å². The van der Waals surface area contributed by atoms with Crippen molar-refractivity contribution in [2.45, 2.75) is 13.5 Å². The van der Waals surface area contributed by atoms with Crippen LogP contribution in [0.3, 0.4) is 0 Å². The van der Waals surface area contributed by atoms with Crippen molar-refractivity contribution in [1.29, 1.82) is 0 Å². The van der Waals surface area contributed by atoms with Gasteiger partial charge < -0.3 is 9.73 Å². The smallest absolute Gasteiger partial charge is 0.292 e. The van der Waals surface area contributed by atoms with E-state index in [9.17, 15) is 10.1 Å². The second kappa shape index (κ2) is 5.18. The molecular formula is C11H10BrN3O3. The van der Waals surface area contributed by atoms with Gasteiger partial charge in [0.25, 0.3) is 5.69 Å². The van der Waals surface area contributed by atoms with Crippen molar-refractivity contribution in [1.82, 2.24) is 4.98 Å². The lowest BCUT2D eigenvalue weighted by Crippen LogP contribution is -2.02. The van der Waals surface area contributed by atoms with Gasteiger partial charge in [-0.15, -0.1) is 0 Å². The highest BCUT2D eigenvalue weighted by Crippen LogP contribution is 2.28. The number of benzene rings is 1. The lowest BCUT2D eigenvalue weighted by molar-refractivity contribution is -0.384. The van der Waals surface area contributed by atoms with Crippen LogP contribution in [0.15, 0.2) is 33.3 Å². The van der Waals surface area contributed by atoms with E-state index in [0.717, 1.165) is 4.47 Å². The van der Waals surface area contributed by atoms with E-state index < -0.39 is 4.92 Å². The van der Waals surface area contributed by atoms with Crippen LogP contribution in [0.5, 0.6) is 0 Å². The molecule has 0 fully saturated rings. The molecule has 0 amide bonds. The van der Waals surface area contributed by atoms with Crippen LogP contribution >= 0.6 is 15.9 Å². The molecule has 2 aromatic rings. The zero-order valence-electron chi connectivity index (χ0n) is 9.51. The van der Waals surface area contributed by atoms with Crippen molar-refractivity contribution in [3.05, 3.63) is 50.6 Å². The Balaban J connectivity index is 2.17. The molecule has 0 bridgehead atoms. The average Bonchev–Trinajstić information content (AvgIpc) is 2.72. The average molecular weight is 312 g/mol. The Morgan fingerprint density at radius 3 is 2.94 bits per heavy atom. The van der Waals surface area contributed by atoms with Gasteiger partial charge >= 0.3 is 0 Å². The number of hydrogen-bond acceptors (Lipinski definition) is 5. The first kappa shape index (κ1) is 12.6. The molecule has 7 heteroatoms. The summed E-state index contributed by atoms with van der Waals surface area (Å²) in [7, 11) is 0. The maximum atomic E-state index is 10.9. The Morgan fingerprint density at radius 1 is 1.56 bits per heavy atom. The third kappa shape index (κ3) is 2.86. The van der Waals surface area contributed by atoms with Crippen LogP contribution in [0.1, 0.15) is 11.7 Å². The highest BCUT2D eigenvalue weighted by atomic mass is 79.9. The van der Waals surface area contributed by atoms with E-state index in [4.69, 9.17) is 4.42 Å². The van der Waals surface area contributed by atoms with Gasteiger partial charge in [-0.05, 0) is 19.1 Å². The highest BCUT2D eigenvalue weighted by Gasteiger charge is 2.14. The molecule has 1 N–H and O–H groups in total. The summed E-state index contributed by atoms with van der Waals surface area (Å²) in [6.07, 6.45) is 1.60. The fourth-order valence-electron chi connectivity index (χ4n) is 1.46. The number of nitro benzene ring substituents is 1. The van der Waals surface area contributed by atoms with Crippen LogP contribution in [0.4, 0.5) is 11.4 Å². The zero-order valence-corrected chi connectivity index (χ0v) is 11.1. The summed E-state index contributed by atoms with van der Waals surface area (Å²) in [4.78, 5) is 14.4. The van der Waals surface area contributed by atoms with E-state index in [1.807, 2.05) is 0 Å². The molecule has 0 radical (unpaired) electrons. The first-order valence-corrected chi connectivity index (χ1v) is 5.94. The van der Waals surface area contributed by atoms with Crippen molar-refractivity contribution in [2.75, 3.05) is 5.32 Å². The summed E-state index contributed by atoms with van der Waals surface area (Å²) in [6, 6.07) is 4.71. The summed E-state index contributed by atoms with van der Waals surface area (Å²) in [6.45, 7) is 2.09. The number of rotatable bonds is 4. The highest BCUT2D eigenvalue weighted by molar-refractivity contribution is 9.10. The molecule has 0 saturated carbocycles. The van der Waals surface area contributed by atoms with Crippen molar-refractivity contribution >= 4 is 27.3 Å². The molecule has 0 atom stereocenters. The fourth-order valence-corrected chi connectivity index (χ4v) is 1.82. The molecule has 18 heavy (non-hydrogen) atoms. The number of nitrogens with one attached hydrogen (secondary N) is 1. The minimum atomic E-state index is -0.435. The number of halogens is 1. The molecule has 1 heterocycles. The van der Waals surface area contributed by atoms with Crippen LogP contribution in [0.2, 0.25) is 0 Å². The van der Waals surface area contributed by atoms with Crippen molar-refractivity contribution in [3.8, 4) is 0 Å². The molecule has 0 aliphatic heterocycles. The molecule has 6 nitrogen and oxygen atoms in total. The summed E-state index contributed by atoms with van der Waals surface area (Å²) < 4.78 is 6.04. The monoisotopic (exact) mass is 311 g/mol. The second-order valence-electron chi connectivity index (χ2n) is 3.64. The normalized spacial score (nSPS) is 10.3. The first-order valence-electron chi connectivity index (χ1n) is 5.15. The van der Waals surface area contributed by atoms with Crippen LogP contribution in [-0.2, 0) is 6.54 Å². The molecule has 2 rings (SSSR count). The molecule has 1 aromatic carbocycles. The number of aryl methyl sites for hydroxylation is 1. The first-order chi connectivity index (χ1) is 8.56. The minimum Gasteiger partial charge on any atom is -0.444 e. The van der Waals surface area contributed by atoms with Gasteiger partial charge in [-0.2, -0.15) is 0 Å². The predicted molar refractivity (Wildman–Crippen MR) is 69.4 cm³/mol. The standard InChI is InChI=1S/C11H10BrN3O3/c1-7-5-14-11(18-7)6-13-9-4-8(12)2-3-10(9)15(16)17/h2-5,13H,6H2,1H3. The van der Waals surface area contributed by atoms with E-state index in [1.54, 1.807) is 25.3 Å². The number of nitrogens with zero attached hydrogens (tertiary/aromatic N) is 2. The van der Waals surface area contributed by atoms with Gasteiger partial charge in [0, 0.05) is 10.5 Å². The van der Waals surface area contributed by atoms with Gasteiger partial charge in [-0.25, -0.2) is 4.98 Å². The number of hydrogen-bond donors (Lipinski definition) is 1. The van der Waals surface area contributed by atoms with Gasteiger partial charge in [0.2, 0.25) is 5.89 Å². The summed E-state index contributed by atoms with van der Waals surface area (Å²) in [5, 5.41) is 13.8.